The molecular weight excluding hydrogens is 168 g/mol. The molecule has 0 aliphatic carbocycles. The minimum atomic E-state index is 0.824. The Hall–Kier alpha value is -1.35. The Morgan fingerprint density at radius 1 is 1.00 bits per heavy atom. The smallest absolute Gasteiger partial charge is 0.0846 e. The van der Waals surface area contributed by atoms with E-state index >= 15 is 0 Å². The van der Waals surface area contributed by atoms with Crippen molar-refractivity contribution in [2.75, 3.05) is 0 Å². The summed E-state index contributed by atoms with van der Waals surface area (Å²) in [5, 5.41) is 0. The Morgan fingerprint density at radius 3 is 1.83 bits per heavy atom. The molecule has 0 spiro atoms. The molecule has 0 aliphatic heterocycles. The van der Waals surface area contributed by atoms with Gasteiger partial charge in [-0.2, -0.15) is 0 Å². The van der Waals surface area contributed by atoms with E-state index in [1.807, 2.05) is 36.7 Å². The molecule has 2 aromatic heterocycles. The van der Waals surface area contributed by atoms with E-state index < -0.39 is 0 Å². The summed E-state index contributed by atoms with van der Waals surface area (Å²) in [5.41, 5.74) is 1.96. The zero-order chi connectivity index (χ0) is 8.39. The standard InChI is InChI=1S/C9H8N2S/c12-9(7-3-1-5-10-7)8-4-2-6-11-8/h1-6,10-11H. The van der Waals surface area contributed by atoms with E-state index in [9.17, 15) is 0 Å². The third kappa shape index (κ3) is 1.19. The molecule has 60 valence electrons. The lowest BCUT2D eigenvalue weighted by Crippen LogP contribution is -1.99. The van der Waals surface area contributed by atoms with Gasteiger partial charge in [0, 0.05) is 12.4 Å². The number of hydrogen-bond donors (Lipinski definition) is 2. The lowest BCUT2D eigenvalue weighted by Gasteiger charge is -1.96. The van der Waals surface area contributed by atoms with Crippen LogP contribution in [0.4, 0.5) is 0 Å². The van der Waals surface area contributed by atoms with Crippen molar-refractivity contribution in [2.45, 2.75) is 0 Å². The Bertz CT molecular complexity index is 323. The quantitative estimate of drug-likeness (QED) is 0.533. The van der Waals surface area contributed by atoms with Gasteiger partial charge in [0.2, 0.25) is 0 Å². The monoisotopic (exact) mass is 176 g/mol. The molecule has 12 heavy (non-hydrogen) atoms. The van der Waals surface area contributed by atoms with Gasteiger partial charge in [0.15, 0.2) is 0 Å². The third-order valence-corrected chi connectivity index (χ3v) is 2.12. The zero-order valence-electron chi connectivity index (χ0n) is 6.37. The van der Waals surface area contributed by atoms with E-state index in [4.69, 9.17) is 12.2 Å². The van der Waals surface area contributed by atoms with Crippen molar-refractivity contribution in [3.05, 3.63) is 48.0 Å². The number of H-pyrrole nitrogens is 2. The van der Waals surface area contributed by atoms with Crippen LogP contribution >= 0.6 is 12.2 Å². The number of nitrogens with one attached hydrogen (secondary N) is 2. The van der Waals surface area contributed by atoms with Crippen LogP contribution in [0.5, 0.6) is 0 Å². The van der Waals surface area contributed by atoms with Crippen LogP contribution in [-0.4, -0.2) is 14.8 Å². The van der Waals surface area contributed by atoms with Gasteiger partial charge in [0.05, 0.1) is 16.3 Å². The van der Waals surface area contributed by atoms with Crippen molar-refractivity contribution in [1.82, 2.24) is 9.97 Å². The molecule has 0 radical (unpaired) electrons. The second kappa shape index (κ2) is 2.95. The first-order chi connectivity index (χ1) is 5.88. The number of thiocarbonyl (C=S) groups is 1. The zero-order valence-corrected chi connectivity index (χ0v) is 7.19. The van der Waals surface area contributed by atoms with Gasteiger partial charge in [-0.05, 0) is 24.3 Å². The van der Waals surface area contributed by atoms with Crippen LogP contribution in [0.25, 0.3) is 0 Å². The van der Waals surface area contributed by atoms with Crippen LogP contribution in [0.1, 0.15) is 11.4 Å². The van der Waals surface area contributed by atoms with Crippen molar-refractivity contribution in [1.29, 1.82) is 0 Å². The highest BCUT2D eigenvalue weighted by Gasteiger charge is 2.03. The van der Waals surface area contributed by atoms with Gasteiger partial charge in [-0.15, -0.1) is 0 Å². The minimum Gasteiger partial charge on any atom is -0.360 e. The summed E-state index contributed by atoms with van der Waals surface area (Å²) in [7, 11) is 0. The van der Waals surface area contributed by atoms with Crippen LogP contribution in [0.15, 0.2) is 36.7 Å². The summed E-state index contributed by atoms with van der Waals surface area (Å²) in [6, 6.07) is 7.79. The summed E-state index contributed by atoms with van der Waals surface area (Å²) in [6.45, 7) is 0. The number of aromatic nitrogens is 2. The average molecular weight is 176 g/mol. The fraction of sp³-hybridized carbons (Fsp3) is 0. The van der Waals surface area contributed by atoms with Gasteiger partial charge < -0.3 is 9.97 Å². The molecule has 2 aromatic rings. The lowest BCUT2D eigenvalue weighted by atomic mass is 10.2. The minimum absolute atomic E-state index is 0.824. The van der Waals surface area contributed by atoms with E-state index in [2.05, 4.69) is 9.97 Å². The van der Waals surface area contributed by atoms with Crippen LogP contribution < -0.4 is 0 Å². The lowest BCUT2D eigenvalue weighted by molar-refractivity contribution is 1.34. The van der Waals surface area contributed by atoms with Crippen molar-refractivity contribution < 1.29 is 0 Å². The molecule has 2 rings (SSSR count). The molecule has 0 bridgehead atoms. The highest BCUT2D eigenvalue weighted by molar-refractivity contribution is 7.81. The largest absolute Gasteiger partial charge is 0.360 e. The van der Waals surface area contributed by atoms with Gasteiger partial charge in [0.1, 0.15) is 0 Å². The third-order valence-electron chi connectivity index (χ3n) is 1.69. The highest BCUT2D eigenvalue weighted by Crippen LogP contribution is 2.06. The van der Waals surface area contributed by atoms with E-state index in [0.717, 1.165) is 16.3 Å². The Kier molecular flexibility index (Phi) is 1.80. The molecule has 0 saturated heterocycles. The van der Waals surface area contributed by atoms with Crippen molar-refractivity contribution >= 4 is 17.1 Å². The Balaban J connectivity index is 2.34. The summed E-state index contributed by atoms with van der Waals surface area (Å²) in [4.78, 5) is 6.95. The molecule has 0 fully saturated rings. The van der Waals surface area contributed by atoms with Gasteiger partial charge in [-0.3, -0.25) is 0 Å². The van der Waals surface area contributed by atoms with E-state index in [1.165, 1.54) is 0 Å². The second-order valence-electron chi connectivity index (χ2n) is 2.50. The first-order valence-electron chi connectivity index (χ1n) is 3.69. The molecule has 0 aliphatic rings. The van der Waals surface area contributed by atoms with Gasteiger partial charge in [-0.1, -0.05) is 12.2 Å². The first kappa shape index (κ1) is 7.31. The molecule has 2 heterocycles. The van der Waals surface area contributed by atoms with E-state index in [-0.39, 0.29) is 0 Å². The summed E-state index contributed by atoms with van der Waals surface area (Å²) >= 11 is 5.23. The predicted octanol–water partition coefficient (Wildman–Crippen LogP) is 2.11. The second-order valence-corrected chi connectivity index (χ2v) is 2.90. The number of rotatable bonds is 2. The highest BCUT2D eigenvalue weighted by atomic mass is 32.1. The molecular formula is C9H8N2S. The molecule has 0 atom stereocenters. The molecule has 0 unspecified atom stereocenters. The van der Waals surface area contributed by atoms with Crippen LogP contribution in [-0.2, 0) is 0 Å². The van der Waals surface area contributed by atoms with Crippen molar-refractivity contribution in [3.63, 3.8) is 0 Å². The molecule has 0 aromatic carbocycles. The maximum absolute atomic E-state index is 5.23. The van der Waals surface area contributed by atoms with Gasteiger partial charge in [-0.25, -0.2) is 0 Å². The van der Waals surface area contributed by atoms with E-state index in [1.54, 1.807) is 0 Å². The molecule has 3 heteroatoms. The molecule has 2 nitrogen and oxygen atoms in total. The van der Waals surface area contributed by atoms with Crippen LogP contribution in [0, 0.1) is 0 Å². The molecule has 0 saturated carbocycles. The van der Waals surface area contributed by atoms with Crippen molar-refractivity contribution in [3.8, 4) is 0 Å². The first-order valence-corrected chi connectivity index (χ1v) is 4.10. The number of hydrogen-bond acceptors (Lipinski definition) is 1. The topological polar surface area (TPSA) is 31.6 Å². The molecule has 0 amide bonds. The predicted molar refractivity (Wildman–Crippen MR) is 52.4 cm³/mol. The van der Waals surface area contributed by atoms with Gasteiger partial charge >= 0.3 is 0 Å². The van der Waals surface area contributed by atoms with Crippen LogP contribution in [0.2, 0.25) is 0 Å². The van der Waals surface area contributed by atoms with Crippen molar-refractivity contribution in [2.24, 2.45) is 0 Å². The van der Waals surface area contributed by atoms with Crippen LogP contribution in [0.3, 0.4) is 0 Å². The maximum atomic E-state index is 5.23. The SMILES string of the molecule is S=C(c1ccc[nH]1)c1ccc[nH]1. The molecule has 2 N–H and O–H groups in total. The normalized spacial score (nSPS) is 10.0. The Labute approximate surface area is 75.6 Å². The fourth-order valence-electron chi connectivity index (χ4n) is 1.09. The summed E-state index contributed by atoms with van der Waals surface area (Å²) < 4.78 is 0. The van der Waals surface area contributed by atoms with E-state index in [0.29, 0.717) is 0 Å². The maximum Gasteiger partial charge on any atom is 0.0846 e. The summed E-state index contributed by atoms with van der Waals surface area (Å²) in [5.74, 6) is 0. The van der Waals surface area contributed by atoms with Gasteiger partial charge in [0.25, 0.3) is 0 Å². The Morgan fingerprint density at radius 2 is 1.50 bits per heavy atom. The summed E-state index contributed by atoms with van der Waals surface area (Å²) in [6.07, 6.45) is 3.73. The average Bonchev–Trinajstić information content (AvgIpc) is 2.77. The fourth-order valence-corrected chi connectivity index (χ4v) is 1.34. The number of aromatic amines is 2.